The Morgan fingerprint density at radius 2 is 2.10 bits per heavy atom. The van der Waals surface area contributed by atoms with Crippen LogP contribution in [0.3, 0.4) is 0 Å². The van der Waals surface area contributed by atoms with Gasteiger partial charge in [0.2, 0.25) is 29.0 Å². The molecule has 21 heavy (non-hydrogen) atoms. The SMILES string of the molecule is CCCNc1nc(Cl)nc(N2CC(=O)NC(=O)C2CC)n1. The van der Waals surface area contributed by atoms with Gasteiger partial charge in [-0.25, -0.2) is 0 Å². The van der Waals surface area contributed by atoms with Crippen molar-refractivity contribution < 1.29 is 9.59 Å². The van der Waals surface area contributed by atoms with Crippen LogP contribution in [0.2, 0.25) is 5.28 Å². The monoisotopic (exact) mass is 312 g/mol. The van der Waals surface area contributed by atoms with E-state index in [2.05, 4.69) is 25.6 Å². The summed E-state index contributed by atoms with van der Waals surface area (Å²) in [6, 6.07) is -0.500. The summed E-state index contributed by atoms with van der Waals surface area (Å²) in [6.45, 7) is 4.57. The topological polar surface area (TPSA) is 100 Å². The van der Waals surface area contributed by atoms with Gasteiger partial charge in [-0.15, -0.1) is 0 Å². The van der Waals surface area contributed by atoms with Gasteiger partial charge in [-0.3, -0.25) is 14.9 Å². The van der Waals surface area contributed by atoms with E-state index >= 15 is 0 Å². The average Bonchev–Trinajstić information content (AvgIpc) is 2.43. The molecule has 2 rings (SSSR count). The van der Waals surface area contributed by atoms with Crippen LogP contribution in [0.15, 0.2) is 0 Å². The van der Waals surface area contributed by atoms with Crippen LogP contribution in [0.25, 0.3) is 0 Å². The molecule has 114 valence electrons. The molecule has 8 nitrogen and oxygen atoms in total. The summed E-state index contributed by atoms with van der Waals surface area (Å²) in [4.78, 5) is 37.2. The normalized spacial score (nSPS) is 18.6. The zero-order valence-electron chi connectivity index (χ0n) is 11.9. The van der Waals surface area contributed by atoms with Gasteiger partial charge >= 0.3 is 0 Å². The van der Waals surface area contributed by atoms with E-state index in [0.29, 0.717) is 18.9 Å². The summed E-state index contributed by atoms with van der Waals surface area (Å²) < 4.78 is 0. The predicted octanol–water partition coefficient (Wildman–Crippen LogP) is 0.588. The van der Waals surface area contributed by atoms with Crippen molar-refractivity contribution in [3.63, 3.8) is 0 Å². The van der Waals surface area contributed by atoms with Crippen molar-refractivity contribution in [3.05, 3.63) is 5.28 Å². The highest BCUT2D eigenvalue weighted by molar-refractivity contribution is 6.28. The van der Waals surface area contributed by atoms with E-state index in [0.717, 1.165) is 6.42 Å². The molecule has 0 aliphatic carbocycles. The molecule has 1 saturated heterocycles. The van der Waals surface area contributed by atoms with Crippen LogP contribution in [0.5, 0.6) is 0 Å². The van der Waals surface area contributed by atoms with Crippen LogP contribution in [-0.4, -0.2) is 45.9 Å². The van der Waals surface area contributed by atoms with Gasteiger partial charge in [0.05, 0.1) is 0 Å². The molecule has 1 unspecified atom stereocenters. The van der Waals surface area contributed by atoms with Crippen LogP contribution < -0.4 is 15.5 Å². The van der Waals surface area contributed by atoms with Crippen molar-refractivity contribution >= 4 is 35.3 Å². The molecule has 0 bridgehead atoms. The number of amides is 2. The van der Waals surface area contributed by atoms with Crippen molar-refractivity contribution in [3.8, 4) is 0 Å². The molecule has 1 atom stereocenters. The second-order valence-electron chi connectivity index (χ2n) is 4.62. The number of imide groups is 1. The van der Waals surface area contributed by atoms with E-state index < -0.39 is 6.04 Å². The second kappa shape index (κ2) is 6.66. The van der Waals surface area contributed by atoms with Crippen LogP contribution in [0.1, 0.15) is 26.7 Å². The van der Waals surface area contributed by atoms with Gasteiger partial charge in [0, 0.05) is 6.54 Å². The maximum absolute atomic E-state index is 11.9. The lowest BCUT2D eigenvalue weighted by molar-refractivity contribution is -0.133. The molecule has 1 aromatic heterocycles. The Morgan fingerprint density at radius 3 is 2.76 bits per heavy atom. The van der Waals surface area contributed by atoms with Gasteiger partial charge in [-0.1, -0.05) is 13.8 Å². The first kappa shape index (κ1) is 15.4. The van der Waals surface area contributed by atoms with E-state index in [9.17, 15) is 9.59 Å². The zero-order valence-corrected chi connectivity index (χ0v) is 12.6. The molecule has 1 fully saturated rings. The molecule has 1 aliphatic rings. The number of piperazine rings is 1. The molecule has 0 saturated carbocycles. The summed E-state index contributed by atoms with van der Waals surface area (Å²) >= 11 is 5.90. The zero-order chi connectivity index (χ0) is 15.4. The van der Waals surface area contributed by atoms with Crippen molar-refractivity contribution in [2.75, 3.05) is 23.3 Å². The van der Waals surface area contributed by atoms with Gasteiger partial charge < -0.3 is 10.2 Å². The van der Waals surface area contributed by atoms with E-state index in [-0.39, 0.29) is 29.6 Å². The summed E-state index contributed by atoms with van der Waals surface area (Å²) in [7, 11) is 0. The summed E-state index contributed by atoms with van der Waals surface area (Å²) in [5.41, 5.74) is 0. The molecule has 2 heterocycles. The summed E-state index contributed by atoms with van der Waals surface area (Å²) in [5, 5.41) is 5.34. The number of carbonyl (C=O) groups is 2. The molecule has 0 radical (unpaired) electrons. The Labute approximate surface area is 127 Å². The molecular weight excluding hydrogens is 296 g/mol. The van der Waals surface area contributed by atoms with Crippen molar-refractivity contribution in [1.29, 1.82) is 0 Å². The van der Waals surface area contributed by atoms with Gasteiger partial charge in [0.25, 0.3) is 0 Å². The van der Waals surface area contributed by atoms with Gasteiger partial charge in [0.15, 0.2) is 0 Å². The predicted molar refractivity (Wildman–Crippen MR) is 78.2 cm³/mol. The third-order valence-corrected chi connectivity index (χ3v) is 3.20. The highest BCUT2D eigenvalue weighted by Crippen LogP contribution is 2.19. The van der Waals surface area contributed by atoms with Crippen molar-refractivity contribution in [2.24, 2.45) is 0 Å². The minimum atomic E-state index is -0.500. The van der Waals surface area contributed by atoms with Crippen LogP contribution in [-0.2, 0) is 9.59 Å². The minimum Gasteiger partial charge on any atom is -0.354 e. The molecule has 0 spiro atoms. The number of carbonyl (C=O) groups excluding carboxylic acids is 2. The van der Waals surface area contributed by atoms with Gasteiger partial charge in [-0.05, 0) is 24.4 Å². The first-order valence-corrected chi connectivity index (χ1v) is 7.18. The largest absolute Gasteiger partial charge is 0.354 e. The molecule has 2 amide bonds. The number of hydrogen-bond donors (Lipinski definition) is 2. The van der Waals surface area contributed by atoms with Crippen LogP contribution >= 0.6 is 11.6 Å². The van der Waals surface area contributed by atoms with Crippen LogP contribution in [0, 0.1) is 0 Å². The number of hydrogen-bond acceptors (Lipinski definition) is 7. The Hall–Kier alpha value is -1.96. The minimum absolute atomic E-state index is 0.0117. The quantitative estimate of drug-likeness (QED) is 0.767. The fraction of sp³-hybridized carbons (Fsp3) is 0.583. The van der Waals surface area contributed by atoms with Gasteiger partial charge in [-0.2, -0.15) is 15.0 Å². The Balaban J connectivity index is 2.31. The Bertz CT molecular complexity index is 553. The van der Waals surface area contributed by atoms with Crippen LogP contribution in [0.4, 0.5) is 11.9 Å². The van der Waals surface area contributed by atoms with E-state index in [1.54, 1.807) is 4.90 Å². The first-order valence-electron chi connectivity index (χ1n) is 6.81. The number of rotatable bonds is 5. The fourth-order valence-electron chi connectivity index (χ4n) is 2.07. The molecule has 1 aromatic rings. The third kappa shape index (κ3) is 3.57. The number of aromatic nitrogens is 3. The lowest BCUT2D eigenvalue weighted by Crippen LogP contribution is -2.58. The molecule has 2 N–H and O–H groups in total. The third-order valence-electron chi connectivity index (χ3n) is 3.03. The van der Waals surface area contributed by atoms with E-state index in [1.165, 1.54) is 0 Å². The Morgan fingerprint density at radius 1 is 1.33 bits per heavy atom. The summed E-state index contributed by atoms with van der Waals surface area (Å²) in [5.74, 6) is -0.179. The smallest absolute Gasteiger partial charge is 0.249 e. The van der Waals surface area contributed by atoms with E-state index in [1.807, 2.05) is 13.8 Å². The van der Waals surface area contributed by atoms with Crippen molar-refractivity contribution in [1.82, 2.24) is 20.3 Å². The maximum Gasteiger partial charge on any atom is 0.249 e. The lowest BCUT2D eigenvalue weighted by Gasteiger charge is -2.33. The fourth-order valence-corrected chi connectivity index (χ4v) is 2.22. The number of halogens is 1. The lowest BCUT2D eigenvalue weighted by atomic mass is 10.1. The summed E-state index contributed by atoms with van der Waals surface area (Å²) in [6.07, 6.45) is 1.43. The number of nitrogens with zero attached hydrogens (tertiary/aromatic N) is 4. The first-order chi connectivity index (χ1) is 10.0. The molecule has 0 aromatic carbocycles. The standard InChI is InChI=1S/C12H17ClN6O2/c1-3-5-14-11-16-10(13)17-12(18-11)19-6-8(20)15-9(21)7(19)4-2/h7H,3-6H2,1-2H3,(H,15,20,21)(H,14,16,17,18). The van der Waals surface area contributed by atoms with Gasteiger partial charge in [0.1, 0.15) is 12.6 Å². The second-order valence-corrected chi connectivity index (χ2v) is 4.96. The number of anilines is 2. The Kier molecular flexibility index (Phi) is 4.89. The molecule has 9 heteroatoms. The molecular formula is C12H17ClN6O2. The average molecular weight is 313 g/mol. The molecule has 1 aliphatic heterocycles. The maximum atomic E-state index is 11.9. The highest BCUT2D eigenvalue weighted by atomic mass is 35.5. The van der Waals surface area contributed by atoms with Crippen molar-refractivity contribution in [2.45, 2.75) is 32.7 Å². The highest BCUT2D eigenvalue weighted by Gasteiger charge is 2.34. The number of nitrogens with one attached hydrogen (secondary N) is 2. The van der Waals surface area contributed by atoms with E-state index in [4.69, 9.17) is 11.6 Å².